The second-order valence-electron chi connectivity index (χ2n) is 6.06. The van der Waals surface area contributed by atoms with Crippen LogP contribution in [0.2, 0.25) is 0 Å². The Labute approximate surface area is 151 Å². The molecule has 1 aliphatic rings. The molecule has 0 unspecified atom stereocenters. The molecule has 0 bridgehead atoms. The molecule has 0 spiro atoms. The van der Waals surface area contributed by atoms with Gasteiger partial charge in [-0.1, -0.05) is 37.1 Å². The molecule has 3 rings (SSSR count). The normalized spacial score (nSPS) is 15.5. The number of aromatic nitrogens is 3. The Morgan fingerprint density at radius 1 is 1.38 bits per heavy atom. The molecular formula is C17H24N4OS2. The van der Waals surface area contributed by atoms with Gasteiger partial charge in [-0.05, 0) is 31.2 Å². The van der Waals surface area contributed by atoms with E-state index in [2.05, 4.69) is 37.6 Å². The molecule has 130 valence electrons. The molecule has 1 saturated carbocycles. The van der Waals surface area contributed by atoms with E-state index in [0.717, 1.165) is 17.4 Å². The summed E-state index contributed by atoms with van der Waals surface area (Å²) in [5.41, 5.74) is 0. The first-order valence-electron chi connectivity index (χ1n) is 8.63. The number of hydrogen-bond donors (Lipinski definition) is 1. The van der Waals surface area contributed by atoms with Gasteiger partial charge in [0.15, 0.2) is 5.16 Å². The molecule has 0 aliphatic heterocycles. The molecule has 2 heterocycles. The van der Waals surface area contributed by atoms with E-state index in [1.165, 1.54) is 48.7 Å². The van der Waals surface area contributed by atoms with Crippen LogP contribution in [-0.2, 0) is 11.2 Å². The van der Waals surface area contributed by atoms with Crippen LogP contribution < -0.4 is 5.32 Å². The first kappa shape index (κ1) is 17.5. The third kappa shape index (κ3) is 4.39. The molecule has 1 fully saturated rings. The van der Waals surface area contributed by atoms with Crippen molar-refractivity contribution in [3.63, 3.8) is 0 Å². The van der Waals surface area contributed by atoms with E-state index < -0.39 is 0 Å². The van der Waals surface area contributed by atoms with Gasteiger partial charge in [0.1, 0.15) is 5.82 Å². The highest BCUT2D eigenvalue weighted by atomic mass is 32.2. The second-order valence-corrected chi connectivity index (χ2v) is 8.03. The average molecular weight is 365 g/mol. The van der Waals surface area contributed by atoms with Crippen molar-refractivity contribution < 1.29 is 4.79 Å². The predicted molar refractivity (Wildman–Crippen MR) is 98.7 cm³/mol. The Morgan fingerprint density at radius 3 is 2.92 bits per heavy atom. The van der Waals surface area contributed by atoms with Gasteiger partial charge in [-0.15, -0.1) is 21.5 Å². The van der Waals surface area contributed by atoms with E-state index in [9.17, 15) is 4.79 Å². The van der Waals surface area contributed by atoms with Gasteiger partial charge in [-0.2, -0.15) is 0 Å². The van der Waals surface area contributed by atoms with Crippen LogP contribution in [0.1, 0.15) is 55.8 Å². The van der Waals surface area contributed by atoms with Crippen molar-refractivity contribution in [1.29, 1.82) is 0 Å². The Bertz CT molecular complexity index is 648. The van der Waals surface area contributed by atoms with Gasteiger partial charge in [0, 0.05) is 23.9 Å². The van der Waals surface area contributed by atoms with Crippen LogP contribution in [0.5, 0.6) is 0 Å². The maximum Gasteiger partial charge on any atom is 0.230 e. The Balaban J connectivity index is 1.78. The monoisotopic (exact) mass is 364 g/mol. The molecule has 7 heteroatoms. The number of rotatable bonds is 7. The number of carbonyl (C=O) groups excluding carboxylic acids is 1. The molecule has 0 aromatic carbocycles. The van der Waals surface area contributed by atoms with E-state index in [-0.39, 0.29) is 5.91 Å². The summed E-state index contributed by atoms with van der Waals surface area (Å²) in [4.78, 5) is 13.1. The lowest BCUT2D eigenvalue weighted by Crippen LogP contribution is -2.25. The fourth-order valence-electron chi connectivity index (χ4n) is 3.18. The van der Waals surface area contributed by atoms with E-state index in [4.69, 9.17) is 0 Å². The molecule has 1 N–H and O–H groups in total. The van der Waals surface area contributed by atoms with Crippen LogP contribution in [0.4, 0.5) is 0 Å². The smallest absolute Gasteiger partial charge is 0.230 e. The standard InChI is InChI=1S/C17H24N4OS2/c1-2-18-16(22)12-24-17-20-19-15(11-14-9-6-10-23-14)21(17)13-7-4-3-5-8-13/h6,9-10,13H,2-5,7-8,11-12H2,1H3,(H,18,22). The third-order valence-electron chi connectivity index (χ3n) is 4.29. The average Bonchev–Trinajstić information content (AvgIpc) is 3.24. The zero-order valence-electron chi connectivity index (χ0n) is 14.0. The minimum absolute atomic E-state index is 0.0560. The number of thioether (sulfide) groups is 1. The van der Waals surface area contributed by atoms with Crippen LogP contribution in [-0.4, -0.2) is 33.0 Å². The topological polar surface area (TPSA) is 59.8 Å². The maximum atomic E-state index is 11.8. The first-order valence-corrected chi connectivity index (χ1v) is 10.5. The zero-order chi connectivity index (χ0) is 16.8. The lowest BCUT2D eigenvalue weighted by molar-refractivity contribution is -0.118. The number of thiophene rings is 1. The SMILES string of the molecule is CCNC(=O)CSc1nnc(Cc2cccs2)n1C1CCCCC1. The Kier molecular flexibility index (Phi) is 6.31. The summed E-state index contributed by atoms with van der Waals surface area (Å²) in [6.07, 6.45) is 7.04. The van der Waals surface area contributed by atoms with Crippen molar-refractivity contribution in [2.24, 2.45) is 0 Å². The first-order chi connectivity index (χ1) is 11.8. The highest BCUT2D eigenvalue weighted by molar-refractivity contribution is 7.99. The highest BCUT2D eigenvalue weighted by Crippen LogP contribution is 2.33. The fourth-order valence-corrected chi connectivity index (χ4v) is 4.74. The quantitative estimate of drug-likeness (QED) is 0.762. The fraction of sp³-hybridized carbons (Fsp3) is 0.588. The Hall–Kier alpha value is -1.34. The van der Waals surface area contributed by atoms with Crippen molar-refractivity contribution in [3.8, 4) is 0 Å². The summed E-state index contributed by atoms with van der Waals surface area (Å²) in [5, 5.41) is 14.7. The van der Waals surface area contributed by atoms with Crippen LogP contribution >= 0.6 is 23.1 Å². The Morgan fingerprint density at radius 2 is 2.21 bits per heavy atom. The molecule has 2 aromatic heterocycles. The van der Waals surface area contributed by atoms with Gasteiger partial charge in [0.05, 0.1) is 5.75 Å². The zero-order valence-corrected chi connectivity index (χ0v) is 15.7. The van der Waals surface area contributed by atoms with Gasteiger partial charge >= 0.3 is 0 Å². The van der Waals surface area contributed by atoms with Gasteiger partial charge in [0.25, 0.3) is 0 Å². The number of nitrogens with one attached hydrogen (secondary N) is 1. The highest BCUT2D eigenvalue weighted by Gasteiger charge is 2.23. The van der Waals surface area contributed by atoms with Crippen LogP contribution in [0.15, 0.2) is 22.7 Å². The number of hydrogen-bond acceptors (Lipinski definition) is 5. The molecule has 1 amide bonds. The van der Waals surface area contributed by atoms with Crippen molar-refractivity contribution in [3.05, 3.63) is 28.2 Å². The van der Waals surface area contributed by atoms with E-state index >= 15 is 0 Å². The summed E-state index contributed by atoms with van der Waals surface area (Å²) >= 11 is 3.26. The predicted octanol–water partition coefficient (Wildman–Crippen LogP) is 3.66. The van der Waals surface area contributed by atoms with Crippen molar-refractivity contribution in [2.45, 2.75) is 56.6 Å². The summed E-state index contributed by atoms with van der Waals surface area (Å²) in [5.74, 6) is 1.49. The number of nitrogens with zero attached hydrogens (tertiary/aromatic N) is 3. The van der Waals surface area contributed by atoms with Crippen LogP contribution in [0.3, 0.4) is 0 Å². The maximum absolute atomic E-state index is 11.8. The molecule has 24 heavy (non-hydrogen) atoms. The molecule has 0 radical (unpaired) electrons. The summed E-state index contributed by atoms with van der Waals surface area (Å²) in [6, 6.07) is 4.69. The van der Waals surface area contributed by atoms with Crippen molar-refractivity contribution >= 4 is 29.0 Å². The van der Waals surface area contributed by atoms with Crippen LogP contribution in [0, 0.1) is 0 Å². The lowest BCUT2D eigenvalue weighted by Gasteiger charge is -2.25. The molecule has 5 nitrogen and oxygen atoms in total. The van der Waals surface area contributed by atoms with Gasteiger partial charge in [0.2, 0.25) is 5.91 Å². The van der Waals surface area contributed by atoms with Crippen molar-refractivity contribution in [2.75, 3.05) is 12.3 Å². The van der Waals surface area contributed by atoms with Gasteiger partial charge < -0.3 is 9.88 Å². The number of carbonyl (C=O) groups is 1. The summed E-state index contributed by atoms with van der Waals surface area (Å²) < 4.78 is 2.31. The second kappa shape index (κ2) is 8.67. The molecular weight excluding hydrogens is 340 g/mol. The molecule has 0 atom stereocenters. The minimum Gasteiger partial charge on any atom is -0.356 e. The van der Waals surface area contributed by atoms with Crippen LogP contribution in [0.25, 0.3) is 0 Å². The van der Waals surface area contributed by atoms with E-state index in [1.807, 2.05) is 6.92 Å². The largest absolute Gasteiger partial charge is 0.356 e. The number of amides is 1. The van der Waals surface area contributed by atoms with E-state index in [1.54, 1.807) is 11.3 Å². The molecule has 1 aliphatic carbocycles. The molecule has 0 saturated heterocycles. The summed E-state index contributed by atoms with van der Waals surface area (Å²) in [7, 11) is 0. The van der Waals surface area contributed by atoms with E-state index in [0.29, 0.717) is 18.3 Å². The van der Waals surface area contributed by atoms with Crippen molar-refractivity contribution in [1.82, 2.24) is 20.1 Å². The van der Waals surface area contributed by atoms with Gasteiger partial charge in [-0.3, -0.25) is 4.79 Å². The van der Waals surface area contributed by atoms with Gasteiger partial charge in [-0.25, -0.2) is 0 Å². The third-order valence-corrected chi connectivity index (χ3v) is 6.11. The minimum atomic E-state index is 0.0560. The molecule has 2 aromatic rings. The summed E-state index contributed by atoms with van der Waals surface area (Å²) in [6.45, 7) is 2.60. The lowest BCUT2D eigenvalue weighted by atomic mass is 9.95.